The number of phenols is 1. The van der Waals surface area contributed by atoms with Crippen LogP contribution in [0.4, 0.5) is 18.9 Å². The number of aromatic hydroxyl groups is 1. The lowest BCUT2D eigenvalue weighted by molar-refractivity contribution is -0.385. The van der Waals surface area contributed by atoms with Gasteiger partial charge in [0.05, 0.1) is 10.5 Å². The predicted octanol–water partition coefficient (Wildman–Crippen LogP) is 3.90. The number of nitro benzene ring substituents is 1. The van der Waals surface area contributed by atoms with Crippen LogP contribution in [0.25, 0.3) is 0 Å². The van der Waals surface area contributed by atoms with Gasteiger partial charge in [0.15, 0.2) is 0 Å². The summed E-state index contributed by atoms with van der Waals surface area (Å²) in [5.74, 6) is -1.06. The van der Waals surface area contributed by atoms with Crippen LogP contribution in [-0.4, -0.2) is 10.0 Å². The minimum Gasteiger partial charge on any atom is -0.508 e. The van der Waals surface area contributed by atoms with E-state index in [1.54, 1.807) is 0 Å². The normalized spacial score (nSPS) is 11.2. The Labute approximate surface area is 122 Å². The third-order valence-corrected chi connectivity index (χ3v) is 2.84. The number of ether oxygens (including phenoxy) is 1. The lowest BCUT2D eigenvalue weighted by atomic mass is 10.1. The second kappa shape index (κ2) is 5.92. The molecule has 0 saturated carbocycles. The number of para-hydroxylation sites is 1. The molecule has 0 fully saturated rings. The number of nitro groups is 1. The first-order valence-corrected chi connectivity index (χ1v) is 6.04. The Kier molecular flexibility index (Phi) is 4.20. The highest BCUT2D eigenvalue weighted by Gasteiger charge is 2.35. The van der Waals surface area contributed by atoms with E-state index in [1.165, 1.54) is 24.3 Å². The summed E-state index contributed by atoms with van der Waals surface area (Å²) in [5.41, 5.74) is -1.24. The van der Waals surface area contributed by atoms with Crippen LogP contribution in [-0.2, 0) is 12.8 Å². The molecule has 0 amide bonds. The molecule has 0 aliphatic heterocycles. The molecule has 5 nitrogen and oxygen atoms in total. The van der Waals surface area contributed by atoms with E-state index in [0.29, 0.717) is 6.07 Å². The predicted molar refractivity (Wildman–Crippen MR) is 70.5 cm³/mol. The summed E-state index contributed by atoms with van der Waals surface area (Å²) in [7, 11) is 0. The lowest BCUT2D eigenvalue weighted by Gasteiger charge is -2.14. The maximum atomic E-state index is 12.9. The van der Waals surface area contributed by atoms with Crippen molar-refractivity contribution in [2.45, 2.75) is 12.8 Å². The summed E-state index contributed by atoms with van der Waals surface area (Å²) < 4.78 is 43.6. The van der Waals surface area contributed by atoms with Gasteiger partial charge in [-0.25, -0.2) is 0 Å². The van der Waals surface area contributed by atoms with E-state index < -0.39 is 34.8 Å². The summed E-state index contributed by atoms with van der Waals surface area (Å²) in [6, 6.07) is 8.15. The summed E-state index contributed by atoms with van der Waals surface area (Å²) >= 11 is 0. The molecule has 0 atom stereocenters. The van der Waals surface area contributed by atoms with Gasteiger partial charge in [0.25, 0.3) is 5.69 Å². The monoisotopic (exact) mass is 313 g/mol. The zero-order valence-corrected chi connectivity index (χ0v) is 11.0. The zero-order chi connectivity index (χ0) is 16.3. The molecule has 22 heavy (non-hydrogen) atoms. The first kappa shape index (κ1) is 15.6. The summed E-state index contributed by atoms with van der Waals surface area (Å²) in [6.07, 6.45) is -4.71. The number of benzene rings is 2. The molecule has 0 aromatic heterocycles. The molecule has 116 valence electrons. The van der Waals surface area contributed by atoms with Gasteiger partial charge in [-0.15, -0.1) is 0 Å². The van der Waals surface area contributed by atoms with E-state index >= 15 is 0 Å². The molecule has 1 N–H and O–H groups in total. The summed E-state index contributed by atoms with van der Waals surface area (Å²) in [5, 5.41) is 20.0. The first-order valence-electron chi connectivity index (χ1n) is 6.04. The van der Waals surface area contributed by atoms with Crippen LogP contribution >= 0.6 is 0 Å². The van der Waals surface area contributed by atoms with Crippen molar-refractivity contribution in [3.63, 3.8) is 0 Å². The Morgan fingerprint density at radius 2 is 1.86 bits per heavy atom. The fourth-order valence-electron chi connectivity index (χ4n) is 1.83. The number of halogens is 3. The molecule has 0 spiro atoms. The van der Waals surface area contributed by atoms with Crippen LogP contribution in [0.3, 0.4) is 0 Å². The van der Waals surface area contributed by atoms with Crippen molar-refractivity contribution < 1.29 is 27.9 Å². The van der Waals surface area contributed by atoms with E-state index in [2.05, 4.69) is 0 Å². The Balaban J connectivity index is 2.28. The van der Waals surface area contributed by atoms with Crippen molar-refractivity contribution >= 4 is 5.69 Å². The van der Waals surface area contributed by atoms with Crippen LogP contribution in [0.2, 0.25) is 0 Å². The molecule has 0 radical (unpaired) electrons. The van der Waals surface area contributed by atoms with E-state index in [9.17, 15) is 23.3 Å². The molecule has 2 aromatic carbocycles. The van der Waals surface area contributed by atoms with Gasteiger partial charge < -0.3 is 9.84 Å². The topological polar surface area (TPSA) is 72.6 Å². The van der Waals surface area contributed by atoms with Crippen LogP contribution in [0.1, 0.15) is 11.1 Å². The van der Waals surface area contributed by atoms with Crippen molar-refractivity contribution in [3.05, 3.63) is 63.7 Å². The Morgan fingerprint density at radius 1 is 1.18 bits per heavy atom. The summed E-state index contributed by atoms with van der Waals surface area (Å²) in [4.78, 5) is 10.2. The molecular formula is C14H10F3NO4. The Hall–Kier alpha value is -2.77. The molecule has 0 unspecified atom stereocenters. The van der Waals surface area contributed by atoms with E-state index in [1.807, 2.05) is 0 Å². The SMILES string of the molecule is O=[N+]([O-])c1ccccc1COc1ccc(O)cc1C(F)(F)F. The summed E-state index contributed by atoms with van der Waals surface area (Å²) in [6.45, 7) is -0.398. The van der Waals surface area contributed by atoms with Crippen molar-refractivity contribution in [1.82, 2.24) is 0 Å². The zero-order valence-electron chi connectivity index (χ0n) is 11.0. The molecule has 2 aromatic rings. The standard InChI is InChI=1S/C14H10F3NO4/c15-14(16,17)11-7-10(19)5-6-13(11)22-8-9-3-1-2-4-12(9)18(20)21/h1-7,19H,8H2. The molecule has 0 heterocycles. The fourth-order valence-corrected chi connectivity index (χ4v) is 1.83. The Bertz CT molecular complexity index is 701. The van der Waals surface area contributed by atoms with Gasteiger partial charge in [0.2, 0.25) is 0 Å². The quantitative estimate of drug-likeness (QED) is 0.686. The maximum absolute atomic E-state index is 12.9. The number of hydrogen-bond acceptors (Lipinski definition) is 4. The van der Waals surface area contributed by atoms with Gasteiger partial charge in [-0.1, -0.05) is 12.1 Å². The second-order valence-electron chi connectivity index (χ2n) is 4.35. The van der Waals surface area contributed by atoms with Crippen molar-refractivity contribution in [1.29, 1.82) is 0 Å². The number of alkyl halides is 3. The van der Waals surface area contributed by atoms with Gasteiger partial charge in [0, 0.05) is 6.07 Å². The van der Waals surface area contributed by atoms with Gasteiger partial charge >= 0.3 is 6.18 Å². The van der Waals surface area contributed by atoms with Gasteiger partial charge in [-0.2, -0.15) is 13.2 Å². The highest BCUT2D eigenvalue weighted by molar-refractivity contribution is 5.43. The molecule has 0 aliphatic carbocycles. The van der Waals surface area contributed by atoms with Gasteiger partial charge in [-0.3, -0.25) is 10.1 Å². The molecule has 2 rings (SSSR count). The number of nitrogens with zero attached hydrogens (tertiary/aromatic N) is 1. The molecule has 8 heteroatoms. The largest absolute Gasteiger partial charge is 0.508 e. The minimum absolute atomic E-state index is 0.147. The molecule has 0 saturated heterocycles. The van der Waals surface area contributed by atoms with Crippen molar-refractivity contribution in [2.75, 3.05) is 0 Å². The third kappa shape index (κ3) is 3.46. The second-order valence-corrected chi connectivity index (χ2v) is 4.35. The molecular weight excluding hydrogens is 303 g/mol. The average Bonchev–Trinajstić information content (AvgIpc) is 2.45. The Morgan fingerprint density at radius 3 is 2.50 bits per heavy atom. The van der Waals surface area contributed by atoms with E-state index in [4.69, 9.17) is 9.84 Å². The van der Waals surface area contributed by atoms with Crippen LogP contribution in [0, 0.1) is 10.1 Å². The van der Waals surface area contributed by atoms with Crippen LogP contribution in [0.5, 0.6) is 11.5 Å². The van der Waals surface area contributed by atoms with E-state index in [0.717, 1.165) is 12.1 Å². The average molecular weight is 313 g/mol. The van der Waals surface area contributed by atoms with Gasteiger partial charge in [0.1, 0.15) is 23.7 Å². The van der Waals surface area contributed by atoms with Crippen molar-refractivity contribution in [3.8, 4) is 11.5 Å². The maximum Gasteiger partial charge on any atom is 0.420 e. The van der Waals surface area contributed by atoms with Crippen molar-refractivity contribution in [2.24, 2.45) is 0 Å². The number of phenolic OH excluding ortho intramolecular Hbond substituents is 1. The number of hydrogen-bond donors (Lipinski definition) is 1. The molecule has 0 aliphatic rings. The lowest BCUT2D eigenvalue weighted by Crippen LogP contribution is -2.09. The fraction of sp³-hybridized carbons (Fsp3) is 0.143. The number of rotatable bonds is 4. The smallest absolute Gasteiger partial charge is 0.420 e. The highest BCUT2D eigenvalue weighted by atomic mass is 19.4. The third-order valence-electron chi connectivity index (χ3n) is 2.84. The van der Waals surface area contributed by atoms with Crippen LogP contribution < -0.4 is 4.74 Å². The highest BCUT2D eigenvalue weighted by Crippen LogP contribution is 2.38. The minimum atomic E-state index is -4.71. The van der Waals surface area contributed by atoms with Gasteiger partial charge in [-0.05, 0) is 24.3 Å². The van der Waals surface area contributed by atoms with Crippen LogP contribution in [0.15, 0.2) is 42.5 Å². The first-order chi connectivity index (χ1) is 10.3. The molecule has 0 bridgehead atoms. The van der Waals surface area contributed by atoms with E-state index in [-0.39, 0.29) is 11.3 Å².